The van der Waals surface area contributed by atoms with Crippen LogP contribution in [0.15, 0.2) is 46.9 Å². The van der Waals surface area contributed by atoms with Gasteiger partial charge in [0.05, 0.1) is 23.4 Å². The van der Waals surface area contributed by atoms with Gasteiger partial charge in [-0.05, 0) is 29.8 Å². The molecule has 0 aliphatic heterocycles. The molecule has 2 rings (SSSR count). The van der Waals surface area contributed by atoms with Gasteiger partial charge in [0.15, 0.2) is 0 Å². The first-order chi connectivity index (χ1) is 9.61. The van der Waals surface area contributed by atoms with E-state index in [0.29, 0.717) is 17.1 Å². The van der Waals surface area contributed by atoms with Gasteiger partial charge >= 0.3 is 5.97 Å². The largest absolute Gasteiger partial charge is 0.465 e. The van der Waals surface area contributed by atoms with Gasteiger partial charge in [-0.2, -0.15) is 0 Å². The molecule has 0 amide bonds. The molecule has 20 heavy (non-hydrogen) atoms. The van der Waals surface area contributed by atoms with Crippen molar-refractivity contribution in [3.05, 3.63) is 63.1 Å². The fourth-order valence-corrected chi connectivity index (χ4v) is 2.35. The van der Waals surface area contributed by atoms with Crippen LogP contribution < -0.4 is 5.32 Å². The first-order valence-electron chi connectivity index (χ1n) is 5.97. The summed E-state index contributed by atoms with van der Waals surface area (Å²) >= 11 is 9.52. The summed E-state index contributed by atoms with van der Waals surface area (Å²) in [5, 5.41) is 3.85. The third kappa shape index (κ3) is 3.52. The predicted octanol–water partition coefficient (Wildman–Crippen LogP) is 4.50. The van der Waals surface area contributed by atoms with Crippen LogP contribution in [0.2, 0.25) is 5.02 Å². The molecule has 0 saturated heterocycles. The second-order valence-electron chi connectivity index (χ2n) is 4.13. The average Bonchev–Trinajstić information content (AvgIpc) is 2.47. The predicted molar refractivity (Wildman–Crippen MR) is 84.3 cm³/mol. The minimum absolute atomic E-state index is 0.345. The van der Waals surface area contributed by atoms with Crippen LogP contribution in [0, 0.1) is 0 Å². The Kier molecular flexibility index (Phi) is 5.04. The lowest BCUT2D eigenvalue weighted by Gasteiger charge is -2.11. The summed E-state index contributed by atoms with van der Waals surface area (Å²) in [7, 11) is 1.37. The fraction of sp³-hybridized carbons (Fsp3) is 0.133. The Morgan fingerprint density at radius 1 is 1.30 bits per heavy atom. The third-order valence-electron chi connectivity index (χ3n) is 2.82. The molecule has 2 aromatic rings. The monoisotopic (exact) mass is 353 g/mol. The van der Waals surface area contributed by atoms with Crippen molar-refractivity contribution in [2.45, 2.75) is 6.54 Å². The van der Waals surface area contributed by atoms with Crippen LogP contribution in [-0.2, 0) is 11.3 Å². The molecule has 0 aliphatic rings. The van der Waals surface area contributed by atoms with E-state index in [-0.39, 0.29) is 5.97 Å². The fourth-order valence-electron chi connectivity index (χ4n) is 1.81. The number of carbonyl (C=O) groups is 1. The Morgan fingerprint density at radius 3 is 2.80 bits per heavy atom. The van der Waals surface area contributed by atoms with E-state index in [1.54, 1.807) is 12.1 Å². The quantitative estimate of drug-likeness (QED) is 0.822. The van der Waals surface area contributed by atoms with E-state index >= 15 is 0 Å². The number of ether oxygens (including phenoxy) is 1. The number of halogens is 2. The number of hydrogen-bond acceptors (Lipinski definition) is 3. The lowest BCUT2D eigenvalue weighted by atomic mass is 10.1. The minimum atomic E-state index is -0.345. The molecule has 5 heteroatoms. The molecular weight excluding hydrogens is 342 g/mol. The Hall–Kier alpha value is -1.52. The van der Waals surface area contributed by atoms with Crippen molar-refractivity contribution in [1.29, 1.82) is 0 Å². The van der Waals surface area contributed by atoms with Gasteiger partial charge in [-0.25, -0.2) is 4.79 Å². The van der Waals surface area contributed by atoms with Gasteiger partial charge in [-0.3, -0.25) is 0 Å². The first kappa shape index (κ1) is 14.9. The number of anilines is 1. The van der Waals surface area contributed by atoms with Crippen LogP contribution in [-0.4, -0.2) is 13.1 Å². The van der Waals surface area contributed by atoms with Gasteiger partial charge in [0, 0.05) is 11.0 Å². The minimum Gasteiger partial charge on any atom is -0.465 e. The van der Waals surface area contributed by atoms with Crippen molar-refractivity contribution in [3.8, 4) is 0 Å². The van der Waals surface area contributed by atoms with E-state index < -0.39 is 0 Å². The lowest BCUT2D eigenvalue weighted by molar-refractivity contribution is 0.0599. The molecule has 0 unspecified atom stereocenters. The number of benzene rings is 2. The zero-order valence-corrected chi connectivity index (χ0v) is 13.2. The van der Waals surface area contributed by atoms with Crippen LogP contribution in [0.1, 0.15) is 15.9 Å². The number of nitrogens with one attached hydrogen (secondary N) is 1. The highest BCUT2D eigenvalue weighted by molar-refractivity contribution is 9.10. The molecule has 0 radical (unpaired) electrons. The van der Waals surface area contributed by atoms with Crippen molar-refractivity contribution in [1.82, 2.24) is 0 Å². The summed E-state index contributed by atoms with van der Waals surface area (Å²) in [6, 6.07) is 12.9. The highest BCUT2D eigenvalue weighted by Crippen LogP contribution is 2.26. The van der Waals surface area contributed by atoms with Gasteiger partial charge in [-0.15, -0.1) is 0 Å². The molecule has 2 aromatic carbocycles. The highest BCUT2D eigenvalue weighted by Gasteiger charge is 2.11. The van der Waals surface area contributed by atoms with Crippen LogP contribution in [0.25, 0.3) is 0 Å². The molecule has 0 aromatic heterocycles. The van der Waals surface area contributed by atoms with E-state index in [0.717, 1.165) is 15.7 Å². The van der Waals surface area contributed by atoms with Crippen LogP contribution in [0.4, 0.5) is 5.69 Å². The maximum atomic E-state index is 11.7. The van der Waals surface area contributed by atoms with Crippen molar-refractivity contribution < 1.29 is 9.53 Å². The summed E-state index contributed by atoms with van der Waals surface area (Å²) in [5.74, 6) is -0.345. The number of methoxy groups -OCH3 is 1. The molecule has 0 aliphatic carbocycles. The maximum Gasteiger partial charge on any atom is 0.338 e. The molecule has 0 saturated carbocycles. The third-order valence-corrected chi connectivity index (χ3v) is 3.64. The molecule has 0 spiro atoms. The van der Waals surface area contributed by atoms with Gasteiger partial charge in [0.2, 0.25) is 0 Å². The van der Waals surface area contributed by atoms with Gasteiger partial charge in [0.25, 0.3) is 0 Å². The second kappa shape index (κ2) is 6.77. The molecule has 0 fully saturated rings. The van der Waals surface area contributed by atoms with E-state index in [1.165, 1.54) is 7.11 Å². The molecule has 1 N–H and O–H groups in total. The van der Waals surface area contributed by atoms with Crippen molar-refractivity contribution in [2.75, 3.05) is 12.4 Å². The molecule has 104 valence electrons. The Balaban J connectivity index is 2.19. The van der Waals surface area contributed by atoms with Crippen molar-refractivity contribution in [3.63, 3.8) is 0 Å². The van der Waals surface area contributed by atoms with Gasteiger partial charge in [0.1, 0.15) is 0 Å². The van der Waals surface area contributed by atoms with Crippen LogP contribution in [0.3, 0.4) is 0 Å². The summed E-state index contributed by atoms with van der Waals surface area (Å²) in [6.07, 6.45) is 0. The van der Waals surface area contributed by atoms with Crippen LogP contribution in [0.5, 0.6) is 0 Å². The summed E-state index contributed by atoms with van der Waals surface area (Å²) in [5.41, 5.74) is 2.21. The summed E-state index contributed by atoms with van der Waals surface area (Å²) < 4.78 is 5.71. The van der Waals surface area contributed by atoms with Crippen LogP contribution >= 0.6 is 27.5 Å². The number of rotatable bonds is 4. The Bertz CT molecular complexity index is 631. The van der Waals surface area contributed by atoms with E-state index in [4.69, 9.17) is 16.3 Å². The molecule has 0 bridgehead atoms. The molecular formula is C15H13BrClNO2. The normalized spacial score (nSPS) is 10.2. The van der Waals surface area contributed by atoms with Crippen molar-refractivity contribution >= 4 is 39.2 Å². The maximum absolute atomic E-state index is 11.7. The first-order valence-corrected chi connectivity index (χ1v) is 7.14. The molecule has 0 heterocycles. The smallest absolute Gasteiger partial charge is 0.338 e. The number of hydrogen-bond donors (Lipinski definition) is 1. The molecule has 0 atom stereocenters. The van der Waals surface area contributed by atoms with Crippen molar-refractivity contribution in [2.24, 2.45) is 0 Å². The standard InChI is InChI=1S/C15H13BrClNO2/c1-20-15(19)12-5-3-2-4-10(12)9-18-14-8-11(16)6-7-13(14)17/h2-8,18H,9H2,1H3. The number of carbonyl (C=O) groups excluding carboxylic acids is 1. The lowest BCUT2D eigenvalue weighted by Crippen LogP contribution is -2.09. The van der Waals surface area contributed by atoms with Gasteiger partial charge < -0.3 is 10.1 Å². The zero-order valence-electron chi connectivity index (χ0n) is 10.8. The Morgan fingerprint density at radius 2 is 2.05 bits per heavy atom. The van der Waals surface area contributed by atoms with E-state index in [1.807, 2.05) is 30.3 Å². The topological polar surface area (TPSA) is 38.3 Å². The Labute approximate surface area is 131 Å². The number of esters is 1. The zero-order chi connectivity index (χ0) is 14.5. The van der Waals surface area contributed by atoms with E-state index in [9.17, 15) is 4.79 Å². The summed E-state index contributed by atoms with van der Waals surface area (Å²) in [6.45, 7) is 0.488. The van der Waals surface area contributed by atoms with E-state index in [2.05, 4.69) is 21.2 Å². The van der Waals surface area contributed by atoms with Gasteiger partial charge in [-0.1, -0.05) is 45.7 Å². The highest BCUT2D eigenvalue weighted by atomic mass is 79.9. The SMILES string of the molecule is COC(=O)c1ccccc1CNc1cc(Br)ccc1Cl. The summed E-state index contributed by atoms with van der Waals surface area (Å²) in [4.78, 5) is 11.7. The second-order valence-corrected chi connectivity index (χ2v) is 5.45. The molecule has 3 nitrogen and oxygen atoms in total. The average molecular weight is 355 g/mol.